The molecular formula is C12H18N4. The molecule has 0 unspecified atom stereocenters. The minimum absolute atomic E-state index is 0.715. The normalized spacial score (nSPS) is 11.8. The van der Waals surface area contributed by atoms with Gasteiger partial charge in [0.15, 0.2) is 0 Å². The summed E-state index contributed by atoms with van der Waals surface area (Å²) in [7, 11) is 5.75. The third kappa shape index (κ3) is 4.59. The van der Waals surface area contributed by atoms with Gasteiger partial charge in [-0.05, 0) is 12.1 Å². The van der Waals surface area contributed by atoms with Gasteiger partial charge < -0.3 is 10.2 Å². The summed E-state index contributed by atoms with van der Waals surface area (Å²) in [5.41, 5.74) is 1.11. The number of nitrogens with one attached hydrogen (secondary N) is 1. The Morgan fingerprint density at radius 1 is 1.50 bits per heavy atom. The average molecular weight is 218 g/mol. The molecule has 86 valence electrons. The summed E-state index contributed by atoms with van der Waals surface area (Å²) in [6, 6.07) is 5.80. The molecule has 0 atom stereocenters. The van der Waals surface area contributed by atoms with Crippen LogP contribution in [0.3, 0.4) is 0 Å². The van der Waals surface area contributed by atoms with Crippen LogP contribution < -0.4 is 5.32 Å². The maximum absolute atomic E-state index is 4.19. The number of rotatable bonds is 5. The summed E-state index contributed by atoms with van der Waals surface area (Å²) in [5, 5.41) is 3.24. The maximum Gasteiger partial charge on any atom is 0.126 e. The van der Waals surface area contributed by atoms with E-state index >= 15 is 0 Å². The molecule has 0 aliphatic heterocycles. The number of hydrogen-bond donors (Lipinski definition) is 1. The van der Waals surface area contributed by atoms with Gasteiger partial charge in [0, 0.05) is 51.9 Å². The summed E-state index contributed by atoms with van der Waals surface area (Å²) >= 11 is 0. The van der Waals surface area contributed by atoms with Gasteiger partial charge in [-0.2, -0.15) is 0 Å². The first-order chi connectivity index (χ1) is 7.72. The van der Waals surface area contributed by atoms with E-state index in [-0.39, 0.29) is 0 Å². The Kier molecular flexibility index (Phi) is 5.05. The van der Waals surface area contributed by atoms with E-state index in [0.29, 0.717) is 6.54 Å². The molecule has 16 heavy (non-hydrogen) atoms. The van der Waals surface area contributed by atoms with Crippen molar-refractivity contribution < 1.29 is 0 Å². The van der Waals surface area contributed by atoms with E-state index in [9.17, 15) is 0 Å². The number of nitrogens with zero attached hydrogens (tertiary/aromatic N) is 3. The fraction of sp³-hybridized carbons (Fsp3) is 0.333. The third-order valence-electron chi connectivity index (χ3n) is 1.86. The van der Waals surface area contributed by atoms with E-state index in [4.69, 9.17) is 0 Å². The predicted molar refractivity (Wildman–Crippen MR) is 68.9 cm³/mol. The van der Waals surface area contributed by atoms with Gasteiger partial charge in [-0.25, -0.2) is 4.98 Å². The Bertz CT molecular complexity index is 355. The summed E-state index contributed by atoms with van der Waals surface area (Å²) < 4.78 is 0. The van der Waals surface area contributed by atoms with Crippen LogP contribution in [0.5, 0.6) is 0 Å². The summed E-state index contributed by atoms with van der Waals surface area (Å²) in [6.07, 6.45) is 5.64. The lowest BCUT2D eigenvalue weighted by atomic mass is 10.3. The van der Waals surface area contributed by atoms with E-state index in [2.05, 4.69) is 15.3 Å². The monoisotopic (exact) mass is 218 g/mol. The molecule has 1 N–H and O–H groups in total. The molecular weight excluding hydrogens is 200 g/mol. The topological polar surface area (TPSA) is 40.5 Å². The molecule has 1 aromatic heterocycles. The molecule has 0 saturated heterocycles. The van der Waals surface area contributed by atoms with E-state index in [1.54, 1.807) is 13.2 Å². The van der Waals surface area contributed by atoms with Crippen LogP contribution in [-0.4, -0.2) is 43.8 Å². The van der Waals surface area contributed by atoms with Crippen LogP contribution in [0.25, 0.3) is 0 Å². The van der Waals surface area contributed by atoms with Gasteiger partial charge >= 0.3 is 0 Å². The molecule has 4 heteroatoms. The number of aromatic nitrogens is 1. The van der Waals surface area contributed by atoms with Crippen molar-refractivity contribution in [2.24, 2.45) is 4.99 Å². The second-order valence-electron chi connectivity index (χ2n) is 3.62. The molecule has 0 radical (unpaired) electrons. The first-order valence-corrected chi connectivity index (χ1v) is 5.16. The summed E-state index contributed by atoms with van der Waals surface area (Å²) in [5.74, 6) is 0.872. The minimum Gasteiger partial charge on any atom is -0.383 e. The van der Waals surface area contributed by atoms with Crippen molar-refractivity contribution in [3.63, 3.8) is 0 Å². The van der Waals surface area contributed by atoms with E-state index < -0.39 is 0 Å². The number of pyridine rings is 1. The van der Waals surface area contributed by atoms with Crippen LogP contribution in [-0.2, 0) is 0 Å². The second-order valence-corrected chi connectivity index (χ2v) is 3.62. The van der Waals surface area contributed by atoms with Gasteiger partial charge in [0.25, 0.3) is 0 Å². The number of hydrogen-bond acceptors (Lipinski definition) is 4. The fourth-order valence-corrected chi connectivity index (χ4v) is 1.28. The van der Waals surface area contributed by atoms with Crippen molar-refractivity contribution in [3.05, 3.63) is 36.2 Å². The highest BCUT2D eigenvalue weighted by Crippen LogP contribution is 2.01. The van der Waals surface area contributed by atoms with Gasteiger partial charge in [0.1, 0.15) is 5.82 Å². The van der Waals surface area contributed by atoms with Crippen LogP contribution in [0.4, 0.5) is 5.82 Å². The first kappa shape index (κ1) is 12.2. The standard InChI is InChI=1S/C12H18N4/c1-13-8-11(10-16(2)3)9-15-12-6-4-5-7-14-12/h4-8,10H,9H2,1-3H3,(H,14,15)/b11-10+,13-8+. The number of aliphatic imine (C=N–C) groups is 1. The molecule has 1 rings (SSSR count). The molecule has 0 bridgehead atoms. The highest BCUT2D eigenvalue weighted by Gasteiger charge is 1.95. The molecule has 0 saturated carbocycles. The Hall–Kier alpha value is -1.84. The van der Waals surface area contributed by atoms with Crippen LogP contribution in [0, 0.1) is 0 Å². The van der Waals surface area contributed by atoms with Crippen molar-refractivity contribution in [1.29, 1.82) is 0 Å². The zero-order chi connectivity index (χ0) is 11.8. The van der Waals surface area contributed by atoms with Gasteiger partial charge in [-0.1, -0.05) is 6.07 Å². The van der Waals surface area contributed by atoms with Crippen LogP contribution in [0.2, 0.25) is 0 Å². The lowest BCUT2D eigenvalue weighted by Crippen LogP contribution is -2.11. The van der Waals surface area contributed by atoms with E-state index in [1.165, 1.54) is 0 Å². The van der Waals surface area contributed by atoms with Crippen molar-refractivity contribution in [2.75, 3.05) is 33.0 Å². The molecule has 0 spiro atoms. The van der Waals surface area contributed by atoms with E-state index in [0.717, 1.165) is 11.4 Å². The van der Waals surface area contributed by atoms with Crippen molar-refractivity contribution in [2.45, 2.75) is 0 Å². The molecule has 0 aliphatic rings. The smallest absolute Gasteiger partial charge is 0.126 e. The molecule has 4 nitrogen and oxygen atoms in total. The largest absolute Gasteiger partial charge is 0.383 e. The van der Waals surface area contributed by atoms with Gasteiger partial charge in [0.05, 0.1) is 0 Å². The average Bonchev–Trinajstić information content (AvgIpc) is 2.27. The quantitative estimate of drug-likeness (QED) is 0.764. The summed E-state index contributed by atoms with van der Waals surface area (Å²) in [6.45, 7) is 0.715. The van der Waals surface area contributed by atoms with Crippen molar-refractivity contribution >= 4 is 12.0 Å². The fourth-order valence-electron chi connectivity index (χ4n) is 1.28. The van der Waals surface area contributed by atoms with Crippen molar-refractivity contribution in [1.82, 2.24) is 9.88 Å². The first-order valence-electron chi connectivity index (χ1n) is 5.16. The Balaban J connectivity index is 2.57. The Labute approximate surface area is 96.7 Å². The molecule has 1 aromatic rings. The third-order valence-corrected chi connectivity index (χ3v) is 1.86. The molecule has 0 amide bonds. The highest BCUT2D eigenvalue weighted by molar-refractivity contribution is 5.79. The molecule has 0 aromatic carbocycles. The zero-order valence-electron chi connectivity index (χ0n) is 10.0. The molecule has 0 aliphatic carbocycles. The molecule has 1 heterocycles. The molecule has 0 fully saturated rings. The van der Waals surface area contributed by atoms with Gasteiger partial charge in [-0.3, -0.25) is 4.99 Å². The second kappa shape index (κ2) is 6.61. The SMILES string of the molecule is C/N=C/C(=C\N(C)C)CNc1ccccn1. The van der Waals surface area contributed by atoms with Gasteiger partial charge in [-0.15, -0.1) is 0 Å². The van der Waals surface area contributed by atoms with Gasteiger partial charge in [0.2, 0.25) is 0 Å². The Morgan fingerprint density at radius 3 is 2.88 bits per heavy atom. The van der Waals surface area contributed by atoms with E-state index in [1.807, 2.05) is 49.6 Å². The minimum atomic E-state index is 0.715. The maximum atomic E-state index is 4.19. The van der Waals surface area contributed by atoms with Crippen LogP contribution in [0.1, 0.15) is 0 Å². The Morgan fingerprint density at radius 2 is 2.31 bits per heavy atom. The van der Waals surface area contributed by atoms with Crippen molar-refractivity contribution in [3.8, 4) is 0 Å². The predicted octanol–water partition coefficient (Wildman–Crippen LogP) is 1.64. The lowest BCUT2D eigenvalue weighted by Gasteiger charge is -2.10. The van der Waals surface area contributed by atoms with Crippen LogP contribution >= 0.6 is 0 Å². The summed E-state index contributed by atoms with van der Waals surface area (Å²) in [4.78, 5) is 10.2. The highest BCUT2D eigenvalue weighted by atomic mass is 15.0. The van der Waals surface area contributed by atoms with Crippen LogP contribution in [0.15, 0.2) is 41.2 Å². The number of anilines is 1. The lowest BCUT2D eigenvalue weighted by molar-refractivity contribution is 0.560. The zero-order valence-corrected chi connectivity index (χ0v) is 10.0.